The summed E-state index contributed by atoms with van der Waals surface area (Å²) in [6, 6.07) is 3.93. The van der Waals surface area contributed by atoms with Crippen molar-refractivity contribution in [1.29, 1.82) is 0 Å². The molecule has 0 saturated heterocycles. The van der Waals surface area contributed by atoms with E-state index in [2.05, 4.69) is 21.0 Å². The molecule has 0 aliphatic heterocycles. The Kier molecular flexibility index (Phi) is 5.16. The van der Waals surface area contributed by atoms with E-state index < -0.39 is 16.6 Å². The van der Waals surface area contributed by atoms with E-state index in [0.29, 0.717) is 17.1 Å². The Bertz CT molecular complexity index is 687. The van der Waals surface area contributed by atoms with E-state index >= 15 is 0 Å². The maximum atomic E-state index is 13.3. The first kappa shape index (κ1) is 16.2. The van der Waals surface area contributed by atoms with Gasteiger partial charge in [0.2, 0.25) is 0 Å². The maximum Gasteiger partial charge on any atom is 0.124 e. The number of hydrogen-bond donors (Lipinski definition) is 1. The molecule has 0 aliphatic carbocycles. The molecule has 1 aromatic carbocycles. The third kappa shape index (κ3) is 3.35. The van der Waals surface area contributed by atoms with E-state index in [1.807, 2.05) is 18.5 Å². The summed E-state index contributed by atoms with van der Waals surface area (Å²) in [6.07, 6.45) is 0.787. The standard InChI is InChI=1S/C14H17BrFN3OS/c1-3-11-14(15)12(19(4-2)18-11)8-21(20)13-7-9(16)5-6-10(13)17/h5-7H,3-4,8,17H2,1-2H3. The second-order valence-electron chi connectivity index (χ2n) is 4.55. The molecule has 2 aromatic rings. The molecule has 0 aliphatic rings. The van der Waals surface area contributed by atoms with Crippen LogP contribution >= 0.6 is 15.9 Å². The van der Waals surface area contributed by atoms with Crippen molar-refractivity contribution in [3.8, 4) is 0 Å². The van der Waals surface area contributed by atoms with Crippen LogP contribution < -0.4 is 5.73 Å². The minimum atomic E-state index is -1.42. The molecule has 114 valence electrons. The van der Waals surface area contributed by atoms with Gasteiger partial charge in [-0.25, -0.2) is 4.39 Å². The van der Waals surface area contributed by atoms with Crippen LogP contribution in [0.1, 0.15) is 25.2 Å². The summed E-state index contributed by atoms with van der Waals surface area (Å²) in [5, 5.41) is 4.46. The van der Waals surface area contributed by atoms with Crippen molar-refractivity contribution in [2.24, 2.45) is 0 Å². The van der Waals surface area contributed by atoms with E-state index in [0.717, 1.165) is 22.3 Å². The van der Waals surface area contributed by atoms with Gasteiger partial charge in [-0.15, -0.1) is 0 Å². The van der Waals surface area contributed by atoms with Crippen molar-refractivity contribution in [2.75, 3.05) is 5.73 Å². The highest BCUT2D eigenvalue weighted by atomic mass is 79.9. The van der Waals surface area contributed by atoms with Crippen LogP contribution in [0.25, 0.3) is 0 Å². The number of rotatable bonds is 5. The Morgan fingerprint density at radius 1 is 1.43 bits per heavy atom. The molecule has 2 N–H and O–H groups in total. The molecule has 1 aromatic heterocycles. The number of anilines is 1. The summed E-state index contributed by atoms with van der Waals surface area (Å²) in [4.78, 5) is 0.323. The summed E-state index contributed by atoms with van der Waals surface area (Å²) in [5.41, 5.74) is 7.90. The van der Waals surface area contributed by atoms with Gasteiger partial charge >= 0.3 is 0 Å². The Morgan fingerprint density at radius 2 is 2.14 bits per heavy atom. The molecule has 1 atom stereocenters. The van der Waals surface area contributed by atoms with Crippen molar-refractivity contribution >= 4 is 32.4 Å². The van der Waals surface area contributed by atoms with Crippen LogP contribution in [0.5, 0.6) is 0 Å². The molecular weight excluding hydrogens is 357 g/mol. The van der Waals surface area contributed by atoms with Crippen LogP contribution in [0, 0.1) is 5.82 Å². The fourth-order valence-corrected chi connectivity index (χ4v) is 4.22. The number of aryl methyl sites for hydroxylation is 2. The molecule has 1 heterocycles. The number of nitrogens with two attached hydrogens (primary N) is 1. The molecule has 2 rings (SSSR count). The van der Waals surface area contributed by atoms with Crippen molar-refractivity contribution in [2.45, 2.75) is 37.5 Å². The van der Waals surface area contributed by atoms with Crippen molar-refractivity contribution in [3.63, 3.8) is 0 Å². The van der Waals surface area contributed by atoms with E-state index in [-0.39, 0.29) is 5.75 Å². The van der Waals surface area contributed by atoms with Crippen molar-refractivity contribution in [1.82, 2.24) is 9.78 Å². The summed E-state index contributed by atoms with van der Waals surface area (Å²) >= 11 is 3.51. The average Bonchev–Trinajstić information content (AvgIpc) is 2.77. The fourth-order valence-electron chi connectivity index (χ4n) is 2.06. The molecule has 0 fully saturated rings. The third-order valence-electron chi connectivity index (χ3n) is 3.18. The zero-order chi connectivity index (χ0) is 15.6. The van der Waals surface area contributed by atoms with E-state index in [9.17, 15) is 8.60 Å². The number of halogens is 2. The van der Waals surface area contributed by atoms with E-state index in [4.69, 9.17) is 5.73 Å². The van der Waals surface area contributed by atoms with Gasteiger partial charge in [0.1, 0.15) is 5.82 Å². The largest absolute Gasteiger partial charge is 0.398 e. The van der Waals surface area contributed by atoms with Gasteiger partial charge in [0.05, 0.1) is 37.3 Å². The second-order valence-corrected chi connectivity index (χ2v) is 6.76. The van der Waals surface area contributed by atoms with Gasteiger partial charge in [0.15, 0.2) is 0 Å². The van der Waals surface area contributed by atoms with Crippen LogP contribution in [0.4, 0.5) is 10.1 Å². The van der Waals surface area contributed by atoms with Crippen molar-refractivity contribution in [3.05, 3.63) is 39.9 Å². The normalized spacial score (nSPS) is 12.6. The lowest BCUT2D eigenvalue weighted by Crippen LogP contribution is -2.08. The highest BCUT2D eigenvalue weighted by Crippen LogP contribution is 2.27. The van der Waals surface area contributed by atoms with Gasteiger partial charge in [-0.05, 0) is 47.5 Å². The van der Waals surface area contributed by atoms with Crippen LogP contribution in [-0.4, -0.2) is 14.0 Å². The monoisotopic (exact) mass is 373 g/mol. The molecule has 7 heteroatoms. The second kappa shape index (κ2) is 6.70. The zero-order valence-corrected chi connectivity index (χ0v) is 14.3. The third-order valence-corrected chi connectivity index (χ3v) is 5.48. The molecule has 0 bridgehead atoms. The molecule has 0 saturated carbocycles. The zero-order valence-electron chi connectivity index (χ0n) is 11.9. The molecule has 21 heavy (non-hydrogen) atoms. The first-order chi connectivity index (χ1) is 9.97. The van der Waals surface area contributed by atoms with Crippen LogP contribution in [0.3, 0.4) is 0 Å². The summed E-state index contributed by atoms with van der Waals surface area (Å²) in [6.45, 7) is 4.67. The summed E-state index contributed by atoms with van der Waals surface area (Å²) < 4.78 is 28.5. The van der Waals surface area contributed by atoms with Crippen molar-refractivity contribution < 1.29 is 8.60 Å². The van der Waals surface area contributed by atoms with Gasteiger partial charge in [-0.2, -0.15) is 5.10 Å². The van der Waals surface area contributed by atoms with Crippen LogP contribution in [0.15, 0.2) is 27.6 Å². The number of benzene rings is 1. The quantitative estimate of drug-likeness (QED) is 0.818. The predicted molar refractivity (Wildman–Crippen MR) is 85.9 cm³/mol. The van der Waals surface area contributed by atoms with Crippen LogP contribution in [0.2, 0.25) is 0 Å². The summed E-state index contributed by atoms with van der Waals surface area (Å²) in [7, 11) is -1.42. The Balaban J connectivity index is 2.35. The first-order valence-electron chi connectivity index (χ1n) is 6.65. The lowest BCUT2D eigenvalue weighted by atomic mass is 10.3. The number of nitrogen functional groups attached to an aromatic ring is 1. The average molecular weight is 374 g/mol. The van der Waals surface area contributed by atoms with E-state index in [1.165, 1.54) is 18.2 Å². The minimum absolute atomic E-state index is 0.245. The number of nitrogens with zero attached hydrogens (tertiary/aromatic N) is 2. The molecule has 0 radical (unpaired) electrons. The Morgan fingerprint density at radius 3 is 2.76 bits per heavy atom. The van der Waals surface area contributed by atoms with Gasteiger partial charge in [0, 0.05) is 12.2 Å². The molecule has 0 amide bonds. The maximum absolute atomic E-state index is 13.3. The lowest BCUT2D eigenvalue weighted by Gasteiger charge is -2.08. The molecule has 0 spiro atoms. The Hall–Kier alpha value is -1.21. The highest BCUT2D eigenvalue weighted by molar-refractivity contribution is 9.10. The van der Waals surface area contributed by atoms with Gasteiger partial charge in [0.25, 0.3) is 0 Å². The Labute approximate surface area is 134 Å². The molecule has 4 nitrogen and oxygen atoms in total. The van der Waals surface area contributed by atoms with Gasteiger partial charge in [-0.3, -0.25) is 8.89 Å². The topological polar surface area (TPSA) is 60.9 Å². The SMILES string of the molecule is CCc1nn(CC)c(CS(=O)c2cc(F)ccc2N)c1Br. The predicted octanol–water partition coefficient (Wildman–Crippen LogP) is 3.26. The first-order valence-corrected chi connectivity index (χ1v) is 8.76. The lowest BCUT2D eigenvalue weighted by molar-refractivity contribution is 0.619. The summed E-state index contributed by atoms with van der Waals surface area (Å²) in [5.74, 6) is -0.195. The highest BCUT2D eigenvalue weighted by Gasteiger charge is 2.18. The van der Waals surface area contributed by atoms with E-state index in [1.54, 1.807) is 0 Å². The molecule has 1 unspecified atom stereocenters. The molecular formula is C14H17BrFN3OS. The number of aromatic nitrogens is 2. The van der Waals surface area contributed by atoms with Crippen LogP contribution in [-0.2, 0) is 29.5 Å². The smallest absolute Gasteiger partial charge is 0.124 e. The fraction of sp³-hybridized carbons (Fsp3) is 0.357. The number of hydrogen-bond acceptors (Lipinski definition) is 3. The van der Waals surface area contributed by atoms with Gasteiger partial charge in [-0.1, -0.05) is 6.92 Å². The minimum Gasteiger partial charge on any atom is -0.398 e. The van der Waals surface area contributed by atoms with Gasteiger partial charge < -0.3 is 5.73 Å².